The van der Waals surface area contributed by atoms with Crippen LogP contribution in [0.1, 0.15) is 64.8 Å². The van der Waals surface area contributed by atoms with Gasteiger partial charge in [-0.2, -0.15) is 10.2 Å². The van der Waals surface area contributed by atoms with Crippen LogP contribution in [0.15, 0.2) is 12.1 Å². The molecule has 0 unspecified atom stereocenters. The molecule has 29 heavy (non-hydrogen) atoms. The highest BCUT2D eigenvalue weighted by molar-refractivity contribution is 6.10. The molecule has 8 heteroatoms. The smallest absolute Gasteiger partial charge is 0.425 e. The first-order valence-corrected chi connectivity index (χ1v) is 9.61. The molecule has 0 aromatic carbocycles. The van der Waals surface area contributed by atoms with Crippen molar-refractivity contribution in [1.29, 1.82) is 5.26 Å². The van der Waals surface area contributed by atoms with Crippen LogP contribution in [0.25, 0.3) is 5.52 Å². The highest BCUT2D eigenvalue weighted by Crippen LogP contribution is 2.31. The molecule has 154 valence electrons. The number of anilines is 1. The summed E-state index contributed by atoms with van der Waals surface area (Å²) < 4.78 is 12.5. The SMILES string of the molecule is CC(C)(C)OC(=O)N(C(=O)OC(C)(C)C)c1nn2c3c(ccc2c1C#N)CCC3. The van der Waals surface area contributed by atoms with Crippen molar-refractivity contribution < 1.29 is 19.1 Å². The Morgan fingerprint density at radius 1 is 1.07 bits per heavy atom. The number of hydrogen-bond acceptors (Lipinski definition) is 6. The molecule has 0 atom stereocenters. The summed E-state index contributed by atoms with van der Waals surface area (Å²) in [6, 6.07) is 5.85. The van der Waals surface area contributed by atoms with E-state index in [-0.39, 0.29) is 11.4 Å². The van der Waals surface area contributed by atoms with Crippen LogP contribution < -0.4 is 4.90 Å². The first kappa shape index (κ1) is 20.6. The fourth-order valence-corrected chi connectivity index (χ4v) is 3.26. The van der Waals surface area contributed by atoms with E-state index in [0.717, 1.165) is 30.5 Å². The molecular formula is C21H26N4O4. The van der Waals surface area contributed by atoms with Crippen LogP contribution >= 0.6 is 0 Å². The summed E-state index contributed by atoms with van der Waals surface area (Å²) in [5, 5.41) is 14.3. The Morgan fingerprint density at radius 3 is 2.17 bits per heavy atom. The largest absolute Gasteiger partial charge is 0.443 e. The van der Waals surface area contributed by atoms with Gasteiger partial charge in [0.1, 0.15) is 22.8 Å². The molecule has 0 saturated carbocycles. The third kappa shape index (κ3) is 4.19. The van der Waals surface area contributed by atoms with Crippen LogP contribution in [0.3, 0.4) is 0 Å². The van der Waals surface area contributed by atoms with E-state index in [9.17, 15) is 14.9 Å². The standard InChI is InChI=1S/C21H26N4O4/c1-20(2,3)28-18(26)24(19(27)29-21(4,5)6)17-14(12-22)16-11-10-13-8-7-9-15(13)25(16)23-17/h10-11H,7-9H2,1-6H3. The number of rotatable bonds is 1. The second-order valence-corrected chi connectivity index (χ2v) is 9.06. The normalized spacial score (nSPS) is 13.7. The molecule has 2 amide bonds. The lowest BCUT2D eigenvalue weighted by Crippen LogP contribution is -2.44. The van der Waals surface area contributed by atoms with E-state index in [0.29, 0.717) is 10.4 Å². The van der Waals surface area contributed by atoms with Gasteiger partial charge in [-0.3, -0.25) is 0 Å². The number of aromatic nitrogens is 2. The summed E-state index contributed by atoms with van der Waals surface area (Å²) in [6.45, 7) is 10.2. The summed E-state index contributed by atoms with van der Waals surface area (Å²) in [6.07, 6.45) is 0.862. The third-order valence-electron chi connectivity index (χ3n) is 4.31. The van der Waals surface area contributed by atoms with Crippen LogP contribution in [0.2, 0.25) is 0 Å². The van der Waals surface area contributed by atoms with E-state index < -0.39 is 23.4 Å². The zero-order chi connectivity index (χ0) is 21.6. The van der Waals surface area contributed by atoms with Gasteiger partial charge in [0, 0.05) is 5.69 Å². The summed E-state index contributed by atoms with van der Waals surface area (Å²) in [5.41, 5.74) is 1.11. The fraction of sp³-hybridized carbons (Fsp3) is 0.524. The van der Waals surface area contributed by atoms with E-state index in [1.807, 2.05) is 6.07 Å². The molecule has 1 aliphatic carbocycles. The highest BCUT2D eigenvalue weighted by Gasteiger charge is 2.37. The number of pyridine rings is 1. The van der Waals surface area contributed by atoms with E-state index in [4.69, 9.17) is 9.47 Å². The van der Waals surface area contributed by atoms with Crippen molar-refractivity contribution >= 4 is 23.5 Å². The number of nitriles is 1. The molecule has 2 aromatic rings. The Balaban J connectivity index is 2.17. The molecule has 8 nitrogen and oxygen atoms in total. The summed E-state index contributed by atoms with van der Waals surface area (Å²) in [5.74, 6) is -0.0868. The Labute approximate surface area is 170 Å². The Hall–Kier alpha value is -3.08. The van der Waals surface area contributed by atoms with Crippen LogP contribution in [-0.4, -0.2) is 33.0 Å². The molecule has 0 fully saturated rings. The van der Waals surface area contributed by atoms with E-state index >= 15 is 0 Å². The molecular weight excluding hydrogens is 372 g/mol. The molecule has 1 aliphatic rings. The number of aryl methyl sites for hydroxylation is 2. The number of nitrogens with zero attached hydrogens (tertiary/aromatic N) is 4. The number of carbonyl (C=O) groups excluding carboxylic acids is 2. The van der Waals surface area contributed by atoms with E-state index in [2.05, 4.69) is 11.2 Å². The minimum Gasteiger partial charge on any atom is -0.443 e. The summed E-state index contributed by atoms with van der Waals surface area (Å²) in [7, 11) is 0. The first-order valence-electron chi connectivity index (χ1n) is 9.61. The Kier molecular flexibility index (Phi) is 5.03. The van der Waals surface area contributed by atoms with Gasteiger partial charge in [0.15, 0.2) is 5.82 Å². The lowest BCUT2D eigenvalue weighted by Gasteiger charge is -2.27. The number of imide groups is 1. The maximum absolute atomic E-state index is 12.9. The van der Waals surface area contributed by atoms with Gasteiger partial charge in [0.25, 0.3) is 0 Å². The second-order valence-electron chi connectivity index (χ2n) is 9.06. The number of amides is 2. The summed E-state index contributed by atoms with van der Waals surface area (Å²) in [4.78, 5) is 26.5. The maximum Gasteiger partial charge on any atom is 0.425 e. The van der Waals surface area contributed by atoms with Gasteiger partial charge >= 0.3 is 12.2 Å². The molecule has 2 heterocycles. The molecule has 0 N–H and O–H groups in total. The lowest BCUT2D eigenvalue weighted by molar-refractivity contribution is 0.0429. The predicted octanol–water partition coefficient (Wildman–Crippen LogP) is 4.37. The lowest BCUT2D eigenvalue weighted by atomic mass is 10.2. The van der Waals surface area contributed by atoms with Crippen molar-refractivity contribution in [2.45, 2.75) is 72.0 Å². The number of ether oxygens (including phenoxy) is 2. The number of fused-ring (bicyclic) bond motifs is 3. The van der Waals surface area contributed by atoms with Gasteiger partial charge in [-0.05, 0) is 72.4 Å². The van der Waals surface area contributed by atoms with Gasteiger partial charge in [-0.25, -0.2) is 14.1 Å². The number of hydrogen-bond donors (Lipinski definition) is 0. The Morgan fingerprint density at radius 2 is 1.66 bits per heavy atom. The monoisotopic (exact) mass is 398 g/mol. The van der Waals surface area contributed by atoms with Crippen molar-refractivity contribution in [1.82, 2.24) is 9.61 Å². The highest BCUT2D eigenvalue weighted by atomic mass is 16.6. The minimum absolute atomic E-state index is 0.0868. The zero-order valence-corrected chi connectivity index (χ0v) is 17.7. The van der Waals surface area contributed by atoms with Crippen molar-refractivity contribution in [2.75, 3.05) is 4.90 Å². The quantitative estimate of drug-likeness (QED) is 0.707. The maximum atomic E-state index is 12.9. The van der Waals surface area contributed by atoms with Crippen LogP contribution in [-0.2, 0) is 22.3 Å². The van der Waals surface area contributed by atoms with Crippen molar-refractivity contribution in [3.8, 4) is 6.07 Å². The molecule has 0 saturated heterocycles. The van der Waals surface area contributed by atoms with E-state index in [1.54, 1.807) is 52.1 Å². The average Bonchev–Trinajstić information content (AvgIpc) is 3.14. The van der Waals surface area contributed by atoms with Crippen molar-refractivity contribution in [2.24, 2.45) is 0 Å². The fourth-order valence-electron chi connectivity index (χ4n) is 3.26. The van der Waals surface area contributed by atoms with Crippen molar-refractivity contribution in [3.63, 3.8) is 0 Å². The van der Waals surface area contributed by atoms with Gasteiger partial charge in [0.2, 0.25) is 0 Å². The van der Waals surface area contributed by atoms with E-state index in [1.165, 1.54) is 0 Å². The van der Waals surface area contributed by atoms with Crippen LogP contribution in [0, 0.1) is 11.3 Å². The van der Waals surface area contributed by atoms with Gasteiger partial charge < -0.3 is 9.47 Å². The van der Waals surface area contributed by atoms with Crippen molar-refractivity contribution in [3.05, 3.63) is 29.0 Å². The third-order valence-corrected chi connectivity index (χ3v) is 4.31. The van der Waals surface area contributed by atoms with Gasteiger partial charge in [-0.15, -0.1) is 5.10 Å². The predicted molar refractivity (Wildman–Crippen MR) is 107 cm³/mol. The average molecular weight is 398 g/mol. The van der Waals surface area contributed by atoms with Gasteiger partial charge in [0.05, 0.1) is 5.52 Å². The summed E-state index contributed by atoms with van der Waals surface area (Å²) >= 11 is 0. The molecule has 0 spiro atoms. The topological polar surface area (TPSA) is 96.9 Å². The van der Waals surface area contributed by atoms with Crippen LogP contribution in [0.4, 0.5) is 15.4 Å². The second kappa shape index (κ2) is 7.07. The van der Waals surface area contributed by atoms with Crippen LogP contribution in [0.5, 0.6) is 0 Å². The number of carbonyl (C=O) groups is 2. The molecule has 3 rings (SSSR count). The molecule has 0 radical (unpaired) electrons. The zero-order valence-electron chi connectivity index (χ0n) is 17.7. The minimum atomic E-state index is -0.941. The van der Waals surface area contributed by atoms with Gasteiger partial charge in [-0.1, -0.05) is 6.07 Å². The Bertz CT molecular complexity index is 990. The molecule has 0 aliphatic heterocycles. The molecule has 2 aromatic heterocycles. The first-order chi connectivity index (χ1) is 13.4. The molecule has 0 bridgehead atoms.